The summed E-state index contributed by atoms with van der Waals surface area (Å²) in [6, 6.07) is 5.86. The van der Waals surface area contributed by atoms with Gasteiger partial charge in [0.25, 0.3) is 0 Å². The number of esters is 1. The van der Waals surface area contributed by atoms with Crippen molar-refractivity contribution < 1.29 is 14.3 Å². The van der Waals surface area contributed by atoms with E-state index < -0.39 is 0 Å². The quantitative estimate of drug-likeness (QED) is 0.843. The lowest BCUT2D eigenvalue weighted by atomic mass is 10.1. The Hall–Kier alpha value is -1.49. The normalized spacial score (nSPS) is 11.8. The van der Waals surface area contributed by atoms with Crippen molar-refractivity contribution in [2.45, 2.75) is 26.0 Å². The second kappa shape index (κ2) is 7.19. The minimum absolute atomic E-state index is 0.113. The number of thioether (sulfide) groups is 1. The lowest BCUT2D eigenvalue weighted by Gasteiger charge is -2.12. The first kappa shape index (κ1) is 15.6. The largest absolute Gasteiger partial charge is 0.468 e. The van der Waals surface area contributed by atoms with E-state index in [1.54, 1.807) is 6.92 Å². The molecule has 1 atom stereocenters. The Morgan fingerprint density at radius 1 is 1.32 bits per heavy atom. The smallest absolute Gasteiger partial charge is 0.318 e. The van der Waals surface area contributed by atoms with E-state index in [0.29, 0.717) is 0 Å². The number of amides is 1. The van der Waals surface area contributed by atoms with Crippen molar-refractivity contribution in [2.75, 3.05) is 18.2 Å². The van der Waals surface area contributed by atoms with Gasteiger partial charge in [0, 0.05) is 5.69 Å². The first-order chi connectivity index (χ1) is 8.95. The molecular weight excluding hydrogens is 262 g/mol. The number of aryl methyl sites for hydroxylation is 2. The molecule has 104 valence electrons. The standard InChI is InChI=1S/C14H19NO3S/c1-9-6-5-7-10(2)13(9)15-12(16)8-19-11(3)14(17)18-4/h5-7,11H,8H2,1-4H3,(H,15,16)/t11-/m0/s1. The van der Waals surface area contributed by atoms with Gasteiger partial charge in [-0.3, -0.25) is 9.59 Å². The van der Waals surface area contributed by atoms with E-state index in [-0.39, 0.29) is 22.9 Å². The second-order valence-electron chi connectivity index (χ2n) is 4.29. The maximum atomic E-state index is 11.8. The minimum Gasteiger partial charge on any atom is -0.468 e. The van der Waals surface area contributed by atoms with E-state index in [1.807, 2.05) is 32.0 Å². The Bertz CT molecular complexity index is 454. The van der Waals surface area contributed by atoms with E-state index in [1.165, 1.54) is 18.9 Å². The predicted molar refractivity (Wildman–Crippen MR) is 78.5 cm³/mol. The topological polar surface area (TPSA) is 55.4 Å². The number of hydrogen-bond donors (Lipinski definition) is 1. The van der Waals surface area contributed by atoms with Gasteiger partial charge in [-0.05, 0) is 31.9 Å². The minimum atomic E-state index is -0.339. The molecule has 0 unspecified atom stereocenters. The van der Waals surface area contributed by atoms with Crippen LogP contribution in [0.4, 0.5) is 5.69 Å². The van der Waals surface area contributed by atoms with Gasteiger partial charge in [-0.2, -0.15) is 0 Å². The van der Waals surface area contributed by atoms with Gasteiger partial charge in [0.1, 0.15) is 5.25 Å². The van der Waals surface area contributed by atoms with Gasteiger partial charge < -0.3 is 10.1 Å². The number of anilines is 1. The van der Waals surface area contributed by atoms with Crippen molar-refractivity contribution in [3.05, 3.63) is 29.3 Å². The van der Waals surface area contributed by atoms with Gasteiger partial charge in [-0.1, -0.05) is 18.2 Å². The van der Waals surface area contributed by atoms with Crippen LogP contribution >= 0.6 is 11.8 Å². The molecule has 0 spiro atoms. The molecule has 19 heavy (non-hydrogen) atoms. The van der Waals surface area contributed by atoms with Crippen molar-refractivity contribution in [1.29, 1.82) is 0 Å². The third-order valence-corrected chi connectivity index (χ3v) is 3.86. The Labute approximate surface area is 117 Å². The molecule has 4 nitrogen and oxygen atoms in total. The van der Waals surface area contributed by atoms with Gasteiger partial charge in [0.2, 0.25) is 5.91 Å². The van der Waals surface area contributed by atoms with Gasteiger partial charge in [0.05, 0.1) is 12.9 Å². The number of hydrogen-bond acceptors (Lipinski definition) is 4. The highest BCUT2D eigenvalue weighted by Crippen LogP contribution is 2.20. The van der Waals surface area contributed by atoms with Gasteiger partial charge in [-0.15, -0.1) is 11.8 Å². The number of carbonyl (C=O) groups is 2. The number of ether oxygens (including phenoxy) is 1. The Morgan fingerprint density at radius 3 is 2.42 bits per heavy atom. The van der Waals surface area contributed by atoms with E-state index >= 15 is 0 Å². The molecule has 1 rings (SSSR count). The molecule has 0 saturated carbocycles. The molecule has 1 amide bonds. The van der Waals surface area contributed by atoms with Crippen LogP contribution in [0.15, 0.2) is 18.2 Å². The van der Waals surface area contributed by atoms with Crippen LogP contribution < -0.4 is 5.32 Å². The fourth-order valence-corrected chi connectivity index (χ4v) is 2.33. The third kappa shape index (κ3) is 4.59. The van der Waals surface area contributed by atoms with Crippen LogP contribution in [0.1, 0.15) is 18.1 Å². The van der Waals surface area contributed by atoms with E-state index in [2.05, 4.69) is 10.1 Å². The number of rotatable bonds is 5. The SMILES string of the molecule is COC(=O)[C@H](C)SCC(=O)Nc1c(C)cccc1C. The zero-order valence-electron chi connectivity index (χ0n) is 11.6. The van der Waals surface area contributed by atoms with Crippen LogP contribution in [-0.4, -0.2) is 30.0 Å². The molecule has 0 fully saturated rings. The molecule has 0 saturated heterocycles. The van der Waals surface area contributed by atoms with Crippen molar-refractivity contribution in [1.82, 2.24) is 0 Å². The summed E-state index contributed by atoms with van der Waals surface area (Å²) >= 11 is 1.26. The maximum Gasteiger partial charge on any atom is 0.318 e. The predicted octanol–water partition coefficient (Wildman–Crippen LogP) is 2.54. The number of carbonyl (C=O) groups excluding carboxylic acids is 2. The van der Waals surface area contributed by atoms with Crippen LogP contribution in [0, 0.1) is 13.8 Å². The molecule has 5 heteroatoms. The fraction of sp³-hybridized carbons (Fsp3) is 0.429. The third-order valence-electron chi connectivity index (χ3n) is 2.74. The van der Waals surface area contributed by atoms with Crippen molar-refractivity contribution >= 4 is 29.3 Å². The fourth-order valence-electron chi connectivity index (χ4n) is 1.62. The molecule has 0 aliphatic carbocycles. The molecule has 0 radical (unpaired) electrons. The molecule has 0 aliphatic heterocycles. The number of para-hydroxylation sites is 1. The maximum absolute atomic E-state index is 11.8. The highest BCUT2D eigenvalue weighted by molar-refractivity contribution is 8.01. The van der Waals surface area contributed by atoms with Crippen molar-refractivity contribution in [3.8, 4) is 0 Å². The summed E-state index contributed by atoms with van der Waals surface area (Å²) in [4.78, 5) is 23.1. The highest BCUT2D eigenvalue weighted by Gasteiger charge is 2.16. The van der Waals surface area contributed by atoms with E-state index in [4.69, 9.17) is 0 Å². The van der Waals surface area contributed by atoms with Crippen LogP contribution in [0.2, 0.25) is 0 Å². The zero-order valence-corrected chi connectivity index (χ0v) is 12.5. The van der Waals surface area contributed by atoms with E-state index in [9.17, 15) is 9.59 Å². The summed E-state index contributed by atoms with van der Waals surface area (Å²) in [5.41, 5.74) is 2.90. The van der Waals surface area contributed by atoms with Crippen molar-refractivity contribution in [3.63, 3.8) is 0 Å². The Morgan fingerprint density at radius 2 is 1.89 bits per heavy atom. The summed E-state index contributed by atoms with van der Waals surface area (Å²) in [5, 5.41) is 2.54. The first-order valence-corrected chi connectivity index (χ1v) is 7.06. The summed E-state index contributed by atoms with van der Waals surface area (Å²) < 4.78 is 4.61. The van der Waals surface area contributed by atoms with Crippen LogP contribution in [-0.2, 0) is 14.3 Å². The lowest BCUT2D eigenvalue weighted by Crippen LogP contribution is -2.21. The monoisotopic (exact) mass is 281 g/mol. The molecule has 0 aromatic heterocycles. The Balaban J connectivity index is 2.54. The number of nitrogens with one attached hydrogen (secondary N) is 1. The van der Waals surface area contributed by atoms with Crippen molar-refractivity contribution in [2.24, 2.45) is 0 Å². The summed E-state index contributed by atoms with van der Waals surface area (Å²) in [5.74, 6) is -0.202. The zero-order chi connectivity index (χ0) is 14.4. The first-order valence-electron chi connectivity index (χ1n) is 6.01. The van der Waals surface area contributed by atoms with E-state index in [0.717, 1.165) is 16.8 Å². The molecular formula is C14H19NO3S. The van der Waals surface area contributed by atoms with Crippen LogP contribution in [0.25, 0.3) is 0 Å². The summed E-state index contributed by atoms with van der Waals surface area (Å²) in [6.07, 6.45) is 0. The second-order valence-corrected chi connectivity index (χ2v) is 5.62. The van der Waals surface area contributed by atoms with Crippen LogP contribution in [0.5, 0.6) is 0 Å². The summed E-state index contributed by atoms with van der Waals surface area (Å²) in [6.45, 7) is 5.63. The molecule has 1 N–H and O–H groups in total. The molecule has 1 aromatic rings. The molecule has 1 aromatic carbocycles. The number of benzene rings is 1. The molecule has 0 heterocycles. The molecule has 0 bridgehead atoms. The average Bonchev–Trinajstić information content (AvgIpc) is 2.39. The van der Waals surface area contributed by atoms with Gasteiger partial charge in [0.15, 0.2) is 0 Å². The lowest BCUT2D eigenvalue weighted by molar-refractivity contribution is -0.139. The highest BCUT2D eigenvalue weighted by atomic mass is 32.2. The van der Waals surface area contributed by atoms with Gasteiger partial charge >= 0.3 is 5.97 Å². The van der Waals surface area contributed by atoms with Gasteiger partial charge in [-0.25, -0.2) is 0 Å². The average molecular weight is 281 g/mol. The number of methoxy groups -OCH3 is 1. The van der Waals surface area contributed by atoms with Crippen LogP contribution in [0.3, 0.4) is 0 Å². The molecule has 0 aliphatic rings. The summed E-state index contributed by atoms with van der Waals surface area (Å²) in [7, 11) is 1.34. The Kier molecular flexibility index (Phi) is 5.89.